The second kappa shape index (κ2) is 9.31. The van der Waals surface area contributed by atoms with Gasteiger partial charge in [-0.25, -0.2) is 0 Å². The first-order valence-corrected chi connectivity index (χ1v) is 8.17. The summed E-state index contributed by atoms with van der Waals surface area (Å²) in [6.07, 6.45) is 0.847. The van der Waals surface area contributed by atoms with E-state index >= 15 is 0 Å². The first kappa shape index (κ1) is 18.3. The highest BCUT2D eigenvalue weighted by Crippen LogP contribution is 2.10. The molecule has 2 rings (SSSR count). The second-order valence-corrected chi connectivity index (χ2v) is 6.52. The maximum Gasteiger partial charge on any atom is 0.320 e. The van der Waals surface area contributed by atoms with Gasteiger partial charge in [0, 0.05) is 22.6 Å². The molecule has 0 aliphatic heterocycles. The summed E-state index contributed by atoms with van der Waals surface area (Å²) >= 11 is 3.05. The third-order valence-electron chi connectivity index (χ3n) is 2.64. The van der Waals surface area contributed by atoms with Crippen LogP contribution in [-0.4, -0.2) is 34.2 Å². The number of hydrogen-bond donors (Lipinski definition) is 4. The molecule has 6 nitrogen and oxygen atoms in total. The van der Waals surface area contributed by atoms with E-state index in [1.807, 2.05) is 35.0 Å². The zero-order valence-electron chi connectivity index (χ0n) is 11.7. The van der Waals surface area contributed by atoms with Crippen LogP contribution >= 0.6 is 22.7 Å². The maximum absolute atomic E-state index is 10.3. The van der Waals surface area contributed by atoms with Crippen LogP contribution in [0.25, 0.3) is 0 Å². The van der Waals surface area contributed by atoms with Crippen LogP contribution in [0, 0.1) is 0 Å². The molecule has 0 radical (unpaired) electrons. The van der Waals surface area contributed by atoms with Crippen molar-refractivity contribution in [2.24, 2.45) is 11.5 Å². The molecule has 2 unspecified atom stereocenters. The standard InChI is InChI=1S/2C7H9NO2S/c2*8-6(7(9)10)4-5-2-1-3-11-5/h2*1-3,6H,4,8H2,(H,9,10). The summed E-state index contributed by atoms with van der Waals surface area (Å²) in [5.74, 6) is -1.89. The fourth-order valence-electron chi connectivity index (χ4n) is 1.47. The van der Waals surface area contributed by atoms with Crippen molar-refractivity contribution in [3.63, 3.8) is 0 Å². The fraction of sp³-hybridized carbons (Fsp3) is 0.286. The number of nitrogens with two attached hydrogens (primary N) is 2. The van der Waals surface area contributed by atoms with E-state index in [1.54, 1.807) is 0 Å². The Hall–Kier alpha value is -1.74. The van der Waals surface area contributed by atoms with Crippen LogP contribution in [0.4, 0.5) is 0 Å². The van der Waals surface area contributed by atoms with Crippen LogP contribution in [0.5, 0.6) is 0 Å². The summed E-state index contributed by atoms with van der Waals surface area (Å²) < 4.78 is 0. The number of aliphatic carboxylic acids is 2. The minimum Gasteiger partial charge on any atom is -0.480 e. The smallest absolute Gasteiger partial charge is 0.320 e. The molecule has 22 heavy (non-hydrogen) atoms. The van der Waals surface area contributed by atoms with E-state index in [-0.39, 0.29) is 0 Å². The molecule has 0 spiro atoms. The lowest BCUT2D eigenvalue weighted by Crippen LogP contribution is -2.31. The van der Waals surface area contributed by atoms with E-state index in [0.29, 0.717) is 12.8 Å². The van der Waals surface area contributed by atoms with Crippen LogP contribution in [0.15, 0.2) is 35.0 Å². The predicted molar refractivity (Wildman–Crippen MR) is 87.3 cm³/mol. The normalized spacial score (nSPS) is 12.8. The molecule has 120 valence electrons. The largest absolute Gasteiger partial charge is 0.480 e. The molecule has 0 fully saturated rings. The van der Waals surface area contributed by atoms with Gasteiger partial charge in [0.1, 0.15) is 12.1 Å². The molecule has 6 N–H and O–H groups in total. The van der Waals surface area contributed by atoms with Gasteiger partial charge >= 0.3 is 11.9 Å². The maximum atomic E-state index is 10.3. The van der Waals surface area contributed by atoms with E-state index in [4.69, 9.17) is 21.7 Å². The lowest BCUT2D eigenvalue weighted by atomic mass is 10.2. The molecule has 8 heteroatoms. The summed E-state index contributed by atoms with van der Waals surface area (Å²) in [4.78, 5) is 22.6. The minimum absolute atomic E-state index is 0.424. The summed E-state index contributed by atoms with van der Waals surface area (Å²) in [5.41, 5.74) is 10.6. The Bertz CT molecular complexity index is 517. The second-order valence-electron chi connectivity index (χ2n) is 4.46. The Morgan fingerprint density at radius 3 is 1.50 bits per heavy atom. The highest BCUT2D eigenvalue weighted by atomic mass is 32.1. The van der Waals surface area contributed by atoms with Gasteiger partial charge in [-0.1, -0.05) is 12.1 Å². The molecular weight excluding hydrogens is 324 g/mol. The van der Waals surface area contributed by atoms with Crippen molar-refractivity contribution in [2.75, 3.05) is 0 Å². The molecule has 2 aromatic heterocycles. The SMILES string of the molecule is NC(Cc1cccs1)C(=O)O.NC(Cc1cccs1)C(=O)O. The molecule has 0 saturated heterocycles. The van der Waals surface area contributed by atoms with E-state index in [2.05, 4.69) is 0 Å². The number of carbonyl (C=O) groups is 2. The zero-order valence-corrected chi connectivity index (χ0v) is 13.3. The Labute approximate surface area is 136 Å². The van der Waals surface area contributed by atoms with Crippen molar-refractivity contribution >= 4 is 34.6 Å². The zero-order chi connectivity index (χ0) is 16.5. The first-order chi connectivity index (χ1) is 10.4. The van der Waals surface area contributed by atoms with Crippen molar-refractivity contribution in [1.82, 2.24) is 0 Å². The number of carboxylic acids is 2. The summed E-state index contributed by atoms with van der Waals surface area (Å²) in [6, 6.07) is 5.99. The Kier molecular flexibility index (Phi) is 7.75. The lowest BCUT2D eigenvalue weighted by Gasteiger charge is -2.02. The third-order valence-corrected chi connectivity index (χ3v) is 4.43. The summed E-state index contributed by atoms with van der Waals surface area (Å²) in [5, 5.41) is 20.7. The molecule has 2 heterocycles. The molecule has 0 amide bonds. The van der Waals surface area contributed by atoms with Crippen LogP contribution in [0.2, 0.25) is 0 Å². The molecule has 2 aromatic rings. The van der Waals surface area contributed by atoms with Gasteiger partial charge in [-0.2, -0.15) is 0 Å². The third kappa shape index (κ3) is 6.81. The van der Waals surface area contributed by atoms with Crippen LogP contribution in [-0.2, 0) is 22.4 Å². The van der Waals surface area contributed by atoms with Gasteiger partial charge in [-0.3, -0.25) is 9.59 Å². The Balaban J connectivity index is 0.000000220. The molecular formula is C14H18N2O4S2. The molecule has 0 aliphatic carbocycles. The quantitative estimate of drug-likeness (QED) is 0.628. The van der Waals surface area contributed by atoms with E-state index < -0.39 is 24.0 Å². The van der Waals surface area contributed by atoms with Crippen LogP contribution in [0.3, 0.4) is 0 Å². The molecule has 0 bridgehead atoms. The monoisotopic (exact) mass is 342 g/mol. The fourth-order valence-corrected chi connectivity index (χ4v) is 3.00. The van der Waals surface area contributed by atoms with Crippen molar-refractivity contribution in [3.05, 3.63) is 44.8 Å². The van der Waals surface area contributed by atoms with Gasteiger partial charge < -0.3 is 21.7 Å². The summed E-state index contributed by atoms with van der Waals surface area (Å²) in [6.45, 7) is 0. The summed E-state index contributed by atoms with van der Waals surface area (Å²) in [7, 11) is 0. The van der Waals surface area contributed by atoms with Crippen molar-refractivity contribution in [1.29, 1.82) is 0 Å². The number of thiophene rings is 2. The minimum atomic E-state index is -0.946. The Morgan fingerprint density at radius 1 is 0.909 bits per heavy atom. The first-order valence-electron chi connectivity index (χ1n) is 6.41. The van der Waals surface area contributed by atoms with E-state index in [1.165, 1.54) is 22.7 Å². The number of carboxylic acid groups (broad SMARTS) is 2. The number of hydrogen-bond acceptors (Lipinski definition) is 6. The van der Waals surface area contributed by atoms with Crippen LogP contribution in [0.1, 0.15) is 9.75 Å². The average molecular weight is 342 g/mol. The van der Waals surface area contributed by atoms with Gasteiger partial charge in [0.05, 0.1) is 0 Å². The average Bonchev–Trinajstić information content (AvgIpc) is 3.12. The highest BCUT2D eigenvalue weighted by Gasteiger charge is 2.12. The molecule has 2 atom stereocenters. The molecule has 0 aliphatic rings. The highest BCUT2D eigenvalue weighted by molar-refractivity contribution is 7.10. The van der Waals surface area contributed by atoms with E-state index in [9.17, 15) is 9.59 Å². The molecule has 0 saturated carbocycles. The van der Waals surface area contributed by atoms with Crippen molar-refractivity contribution < 1.29 is 19.8 Å². The van der Waals surface area contributed by atoms with Gasteiger partial charge in [0.25, 0.3) is 0 Å². The molecule has 0 aromatic carbocycles. The van der Waals surface area contributed by atoms with Gasteiger partial charge in [0.15, 0.2) is 0 Å². The number of rotatable bonds is 6. The van der Waals surface area contributed by atoms with Crippen molar-refractivity contribution in [3.8, 4) is 0 Å². The predicted octanol–water partition coefficient (Wildman–Crippen LogP) is 1.40. The van der Waals surface area contributed by atoms with Gasteiger partial charge in [-0.05, 0) is 22.9 Å². The van der Waals surface area contributed by atoms with Gasteiger partial charge in [-0.15, -0.1) is 22.7 Å². The topological polar surface area (TPSA) is 127 Å². The van der Waals surface area contributed by atoms with Crippen LogP contribution < -0.4 is 11.5 Å². The van der Waals surface area contributed by atoms with Crippen molar-refractivity contribution in [2.45, 2.75) is 24.9 Å². The van der Waals surface area contributed by atoms with E-state index in [0.717, 1.165) is 9.75 Å². The van der Waals surface area contributed by atoms with Gasteiger partial charge in [0.2, 0.25) is 0 Å². The lowest BCUT2D eigenvalue weighted by molar-refractivity contribution is -0.139. The Morgan fingerprint density at radius 2 is 1.27 bits per heavy atom.